The molecule has 0 spiro atoms. The van der Waals surface area contributed by atoms with Gasteiger partial charge in [0.2, 0.25) is 0 Å². The fraction of sp³-hybridized carbons (Fsp3) is 0.319. The van der Waals surface area contributed by atoms with Crippen LogP contribution in [0.5, 0.6) is 0 Å². The molecule has 0 fully saturated rings. The van der Waals surface area contributed by atoms with Crippen molar-refractivity contribution >= 4 is 22.3 Å². The average Bonchev–Trinajstić information content (AvgIpc) is 3.25. The highest BCUT2D eigenvalue weighted by Gasteiger charge is 2.43. The second kappa shape index (κ2) is 12.8. The van der Waals surface area contributed by atoms with Crippen molar-refractivity contribution in [1.29, 1.82) is 0 Å². The smallest absolute Gasteiger partial charge is 0.0167 e. The van der Waals surface area contributed by atoms with Crippen molar-refractivity contribution in [3.63, 3.8) is 0 Å². The molecule has 0 saturated carbocycles. The molecule has 5 rings (SSSR count). The largest absolute Gasteiger partial charge is 0.0991 e. The Bertz CT molecular complexity index is 1890. The molecule has 47 heavy (non-hydrogen) atoms. The van der Waals surface area contributed by atoms with E-state index in [1.807, 2.05) is 6.08 Å². The molecule has 0 N–H and O–H groups in total. The van der Waals surface area contributed by atoms with Crippen LogP contribution in [0, 0.1) is 5.41 Å². The maximum absolute atomic E-state index is 4.75. The number of fused-ring (bicyclic) bond motifs is 4. The Morgan fingerprint density at radius 3 is 2.17 bits per heavy atom. The standard InChI is InChI=1S/C47H54/c1-13-15-16-20-31(3)42-38(27-28-40-39-25-23-33-21-17-18-22-36(33)43(39)47(11,12)44(40)42)37-26-24-35(46(8,9)10)30-41(37)32(4)29-34(19-14-2)45(5,6)7/h13-22,24,26-30H,2-3,23,25H2,1,4-12H3/b15-13-,20-16-,32-29+,34-19+. The predicted octanol–water partition coefficient (Wildman–Crippen LogP) is 13.5. The lowest BCUT2D eigenvalue weighted by atomic mass is 9.72. The minimum atomic E-state index is -0.174. The van der Waals surface area contributed by atoms with Crippen LogP contribution < -0.4 is 0 Å². The van der Waals surface area contributed by atoms with Gasteiger partial charge in [-0.25, -0.2) is 0 Å². The molecule has 2 aliphatic carbocycles. The Labute approximate surface area is 285 Å². The van der Waals surface area contributed by atoms with Gasteiger partial charge >= 0.3 is 0 Å². The summed E-state index contributed by atoms with van der Waals surface area (Å²) < 4.78 is 0. The van der Waals surface area contributed by atoms with Gasteiger partial charge in [0.15, 0.2) is 0 Å². The topological polar surface area (TPSA) is 0 Å². The van der Waals surface area contributed by atoms with E-state index in [1.54, 1.807) is 0 Å². The van der Waals surface area contributed by atoms with Gasteiger partial charge in [0.05, 0.1) is 0 Å². The summed E-state index contributed by atoms with van der Waals surface area (Å²) in [7, 11) is 0. The molecule has 0 bridgehead atoms. The zero-order valence-electron chi connectivity index (χ0n) is 30.6. The lowest BCUT2D eigenvalue weighted by molar-refractivity contribution is 0.517. The number of benzene rings is 3. The molecule has 0 unspecified atom stereocenters. The van der Waals surface area contributed by atoms with Gasteiger partial charge in [-0.2, -0.15) is 0 Å². The van der Waals surface area contributed by atoms with E-state index < -0.39 is 0 Å². The normalized spacial score (nSPS) is 16.5. The Hall–Kier alpha value is -4.16. The molecule has 2 aliphatic rings. The zero-order valence-corrected chi connectivity index (χ0v) is 30.6. The van der Waals surface area contributed by atoms with Crippen molar-refractivity contribution in [2.45, 2.75) is 92.9 Å². The van der Waals surface area contributed by atoms with Crippen LogP contribution in [0.2, 0.25) is 0 Å². The Morgan fingerprint density at radius 1 is 0.830 bits per heavy atom. The van der Waals surface area contributed by atoms with Crippen LogP contribution in [0.1, 0.15) is 115 Å². The maximum atomic E-state index is 4.75. The predicted molar refractivity (Wildman–Crippen MR) is 210 cm³/mol. The van der Waals surface area contributed by atoms with Crippen LogP contribution in [-0.2, 0) is 17.3 Å². The molecule has 0 heteroatoms. The lowest BCUT2D eigenvalue weighted by Gasteiger charge is -2.31. The minimum Gasteiger partial charge on any atom is -0.0991 e. The monoisotopic (exact) mass is 618 g/mol. The fourth-order valence-electron chi connectivity index (χ4n) is 7.59. The van der Waals surface area contributed by atoms with Gasteiger partial charge in [0, 0.05) is 5.41 Å². The van der Waals surface area contributed by atoms with Gasteiger partial charge in [0.25, 0.3) is 0 Å². The molecule has 3 aromatic carbocycles. The quantitative estimate of drug-likeness (QED) is 0.231. The van der Waals surface area contributed by atoms with Gasteiger partial charge in [-0.05, 0) is 115 Å². The van der Waals surface area contributed by atoms with E-state index in [2.05, 4.69) is 167 Å². The number of allylic oxidation sites excluding steroid dienone is 12. The summed E-state index contributed by atoms with van der Waals surface area (Å²) in [5.41, 5.74) is 18.4. The van der Waals surface area contributed by atoms with Crippen LogP contribution in [0.3, 0.4) is 0 Å². The van der Waals surface area contributed by atoms with Crippen molar-refractivity contribution in [2.24, 2.45) is 5.41 Å². The molecule has 0 aromatic heterocycles. The molecular weight excluding hydrogens is 565 g/mol. The first-order chi connectivity index (χ1) is 22.1. The SMILES string of the molecule is C=C/C=C(\C=C(/C)c1cc(C(C)(C)C)ccc1-c1ccc2c(c1C(=C)/C=C\C=C/C)C(C)(C)C1=C2CCc2ccccc21)C(C)(C)C. The Morgan fingerprint density at radius 2 is 1.51 bits per heavy atom. The van der Waals surface area contributed by atoms with Gasteiger partial charge in [-0.1, -0.05) is 166 Å². The second-order valence-corrected chi connectivity index (χ2v) is 15.9. The van der Waals surface area contributed by atoms with Gasteiger partial charge in [0.1, 0.15) is 0 Å². The molecule has 0 aliphatic heterocycles. The molecule has 0 atom stereocenters. The van der Waals surface area contributed by atoms with E-state index in [-0.39, 0.29) is 16.2 Å². The van der Waals surface area contributed by atoms with Gasteiger partial charge < -0.3 is 0 Å². The van der Waals surface area contributed by atoms with Crippen LogP contribution in [-0.4, -0.2) is 0 Å². The molecule has 242 valence electrons. The highest BCUT2D eigenvalue weighted by molar-refractivity contribution is 6.07. The molecular formula is C47H54. The molecule has 0 heterocycles. The number of aryl methyl sites for hydroxylation is 1. The van der Waals surface area contributed by atoms with Crippen molar-refractivity contribution < 1.29 is 0 Å². The minimum absolute atomic E-state index is 0.00703. The third kappa shape index (κ3) is 6.40. The number of rotatable bonds is 7. The molecule has 0 saturated heterocycles. The van der Waals surface area contributed by atoms with Crippen molar-refractivity contribution in [3.05, 3.63) is 155 Å². The third-order valence-corrected chi connectivity index (χ3v) is 10.1. The summed E-state index contributed by atoms with van der Waals surface area (Å²) in [6.45, 7) is 31.7. The van der Waals surface area contributed by atoms with Gasteiger partial charge in [-0.15, -0.1) is 0 Å². The summed E-state index contributed by atoms with van der Waals surface area (Å²) in [5, 5.41) is 0. The van der Waals surface area contributed by atoms with E-state index in [4.69, 9.17) is 6.58 Å². The molecule has 0 amide bonds. The van der Waals surface area contributed by atoms with E-state index in [0.29, 0.717) is 0 Å². The van der Waals surface area contributed by atoms with Crippen molar-refractivity contribution in [3.8, 4) is 11.1 Å². The van der Waals surface area contributed by atoms with Crippen LogP contribution in [0.15, 0.2) is 116 Å². The van der Waals surface area contributed by atoms with E-state index in [0.717, 1.165) is 18.4 Å². The summed E-state index contributed by atoms with van der Waals surface area (Å²) in [5.74, 6) is 0. The molecule has 0 radical (unpaired) electrons. The fourth-order valence-corrected chi connectivity index (χ4v) is 7.59. The van der Waals surface area contributed by atoms with Crippen LogP contribution in [0.25, 0.3) is 33.4 Å². The summed E-state index contributed by atoms with van der Waals surface area (Å²) in [6, 6.07) is 20.9. The molecule has 3 aromatic rings. The third-order valence-electron chi connectivity index (χ3n) is 10.1. The Balaban J connectivity index is 1.83. The summed E-state index contributed by atoms with van der Waals surface area (Å²) in [6.07, 6.45) is 17.1. The summed E-state index contributed by atoms with van der Waals surface area (Å²) >= 11 is 0. The first-order valence-electron chi connectivity index (χ1n) is 17.3. The van der Waals surface area contributed by atoms with E-state index >= 15 is 0 Å². The maximum Gasteiger partial charge on any atom is 0.0167 e. The number of hydrogen-bond acceptors (Lipinski definition) is 0. The van der Waals surface area contributed by atoms with Crippen LogP contribution in [0.4, 0.5) is 0 Å². The Kier molecular flexibility index (Phi) is 9.31. The van der Waals surface area contributed by atoms with Crippen molar-refractivity contribution in [2.75, 3.05) is 0 Å². The van der Waals surface area contributed by atoms with E-state index in [9.17, 15) is 0 Å². The first-order valence-corrected chi connectivity index (χ1v) is 17.3. The lowest BCUT2D eigenvalue weighted by Crippen LogP contribution is -2.20. The molecule has 0 nitrogen and oxygen atoms in total. The van der Waals surface area contributed by atoms with Gasteiger partial charge in [-0.3, -0.25) is 0 Å². The van der Waals surface area contributed by atoms with E-state index in [1.165, 1.54) is 72.4 Å². The highest BCUT2D eigenvalue weighted by Crippen LogP contribution is 2.58. The zero-order chi connectivity index (χ0) is 34.3. The number of hydrogen-bond donors (Lipinski definition) is 0. The summed E-state index contributed by atoms with van der Waals surface area (Å²) in [4.78, 5) is 0. The van der Waals surface area contributed by atoms with Crippen molar-refractivity contribution in [1.82, 2.24) is 0 Å². The first kappa shape index (κ1) is 34.2. The average molecular weight is 619 g/mol. The van der Waals surface area contributed by atoms with Crippen LogP contribution >= 0.6 is 0 Å². The second-order valence-electron chi connectivity index (χ2n) is 15.9. The highest BCUT2D eigenvalue weighted by atomic mass is 14.5.